The third-order valence-corrected chi connectivity index (χ3v) is 8.29. The molecule has 2 atom stereocenters. The van der Waals surface area contributed by atoms with E-state index in [0.29, 0.717) is 53.0 Å². The molecule has 0 saturated heterocycles. The summed E-state index contributed by atoms with van der Waals surface area (Å²) in [6.07, 6.45) is 3.81. The summed E-state index contributed by atoms with van der Waals surface area (Å²) in [7, 11) is 0. The zero-order chi connectivity index (χ0) is 27.8. The smallest absolute Gasteiger partial charge is 0.313 e. The number of carboxylic acids is 1. The normalized spacial score (nSPS) is 23.7. The number of benzene rings is 3. The van der Waals surface area contributed by atoms with Gasteiger partial charge >= 0.3 is 5.97 Å². The van der Waals surface area contributed by atoms with Gasteiger partial charge in [0, 0.05) is 24.2 Å². The average molecular weight is 541 g/mol. The summed E-state index contributed by atoms with van der Waals surface area (Å²) in [6.45, 7) is 2.41. The lowest BCUT2D eigenvalue weighted by Gasteiger charge is -2.41. The SMILES string of the molecule is CC(=O)N[C@H]1CC[C@@H](c2ccc(N3C(=O)c4ccccc4C(C(=O)O)C3c3ccc4c(c3)OCCO4)cc2)CC1. The molecule has 2 amide bonds. The summed E-state index contributed by atoms with van der Waals surface area (Å²) in [4.78, 5) is 39.9. The third kappa shape index (κ3) is 4.78. The number of anilines is 1. The molecule has 0 radical (unpaired) electrons. The minimum Gasteiger partial charge on any atom is -0.486 e. The molecule has 206 valence electrons. The van der Waals surface area contributed by atoms with Crippen LogP contribution in [0.25, 0.3) is 0 Å². The van der Waals surface area contributed by atoms with E-state index in [0.717, 1.165) is 25.7 Å². The van der Waals surface area contributed by atoms with Gasteiger partial charge in [-0.05, 0) is 78.6 Å². The van der Waals surface area contributed by atoms with E-state index in [2.05, 4.69) is 5.32 Å². The summed E-state index contributed by atoms with van der Waals surface area (Å²) in [5, 5.41) is 13.5. The van der Waals surface area contributed by atoms with E-state index in [1.165, 1.54) is 5.56 Å². The predicted octanol–water partition coefficient (Wildman–Crippen LogP) is 5.19. The second-order valence-electron chi connectivity index (χ2n) is 10.8. The molecule has 8 heteroatoms. The van der Waals surface area contributed by atoms with Crippen molar-refractivity contribution >= 4 is 23.5 Å². The lowest BCUT2D eigenvalue weighted by atomic mass is 9.79. The monoisotopic (exact) mass is 540 g/mol. The van der Waals surface area contributed by atoms with Gasteiger partial charge in [0.05, 0.1) is 6.04 Å². The van der Waals surface area contributed by atoms with Crippen LogP contribution in [0.15, 0.2) is 66.7 Å². The van der Waals surface area contributed by atoms with Gasteiger partial charge in [-0.25, -0.2) is 0 Å². The van der Waals surface area contributed by atoms with Crippen LogP contribution < -0.4 is 19.7 Å². The van der Waals surface area contributed by atoms with E-state index in [9.17, 15) is 19.5 Å². The Morgan fingerprint density at radius 1 is 0.875 bits per heavy atom. The first-order valence-electron chi connectivity index (χ1n) is 13.8. The Morgan fingerprint density at radius 2 is 1.55 bits per heavy atom. The molecule has 0 bridgehead atoms. The highest BCUT2D eigenvalue weighted by atomic mass is 16.6. The number of nitrogens with zero attached hydrogens (tertiary/aromatic N) is 1. The van der Waals surface area contributed by atoms with Crippen LogP contribution in [-0.2, 0) is 9.59 Å². The largest absolute Gasteiger partial charge is 0.486 e. The van der Waals surface area contributed by atoms with Crippen LogP contribution in [0.1, 0.15) is 77.5 Å². The number of carbonyl (C=O) groups is 3. The summed E-state index contributed by atoms with van der Waals surface area (Å²) < 4.78 is 11.5. The van der Waals surface area contributed by atoms with E-state index in [1.54, 1.807) is 48.2 Å². The fraction of sp³-hybridized carbons (Fsp3) is 0.344. The van der Waals surface area contributed by atoms with Crippen LogP contribution in [0.4, 0.5) is 5.69 Å². The van der Waals surface area contributed by atoms with E-state index < -0.39 is 17.9 Å². The predicted molar refractivity (Wildman–Crippen MR) is 149 cm³/mol. The van der Waals surface area contributed by atoms with Crippen LogP contribution in [0, 0.1) is 0 Å². The highest BCUT2D eigenvalue weighted by molar-refractivity contribution is 6.11. The van der Waals surface area contributed by atoms with E-state index >= 15 is 0 Å². The second-order valence-corrected chi connectivity index (χ2v) is 10.8. The lowest BCUT2D eigenvalue weighted by molar-refractivity contribution is -0.139. The molecule has 1 fully saturated rings. The summed E-state index contributed by atoms with van der Waals surface area (Å²) in [6, 6.07) is 19.7. The van der Waals surface area contributed by atoms with Gasteiger partial charge in [-0.1, -0.05) is 36.4 Å². The number of amides is 2. The molecule has 40 heavy (non-hydrogen) atoms. The topological polar surface area (TPSA) is 105 Å². The maximum atomic E-state index is 14.0. The van der Waals surface area contributed by atoms with Gasteiger partial charge in [-0.2, -0.15) is 0 Å². The fourth-order valence-electron chi connectivity index (χ4n) is 6.44. The molecule has 3 aliphatic rings. The maximum absolute atomic E-state index is 14.0. The van der Waals surface area contributed by atoms with Crippen molar-refractivity contribution in [2.75, 3.05) is 18.1 Å². The van der Waals surface area contributed by atoms with Gasteiger partial charge in [0.1, 0.15) is 19.1 Å². The molecule has 0 aromatic heterocycles. The van der Waals surface area contributed by atoms with Crippen molar-refractivity contribution in [1.29, 1.82) is 0 Å². The van der Waals surface area contributed by atoms with E-state index in [1.807, 2.05) is 30.3 Å². The standard InChI is InChI=1S/C32H32N2O6/c1-19(35)33-23-11-6-20(7-12-23)21-8-13-24(14-9-21)34-30(22-10-15-27-28(18-22)40-17-16-39-27)29(32(37)38)25-4-2-3-5-26(25)31(34)36/h2-5,8-10,13-15,18,20,23,29-30H,6-7,11-12,16-17H2,1H3,(H,33,35)(H,37,38)/t20-,23+,29?,30?. The Balaban J connectivity index is 1.36. The average Bonchev–Trinajstić information content (AvgIpc) is 2.97. The van der Waals surface area contributed by atoms with Crippen molar-refractivity contribution < 1.29 is 29.0 Å². The molecule has 6 rings (SSSR count). The molecule has 0 spiro atoms. The highest BCUT2D eigenvalue weighted by Crippen LogP contribution is 2.47. The molecule has 8 nitrogen and oxygen atoms in total. The van der Waals surface area contributed by atoms with Crippen molar-refractivity contribution in [2.45, 2.75) is 56.5 Å². The number of hydrogen-bond acceptors (Lipinski definition) is 5. The number of rotatable bonds is 5. The van der Waals surface area contributed by atoms with Gasteiger partial charge in [-0.3, -0.25) is 19.3 Å². The van der Waals surface area contributed by atoms with Gasteiger partial charge in [0.25, 0.3) is 5.91 Å². The minimum atomic E-state index is -1.00. The van der Waals surface area contributed by atoms with E-state index in [-0.39, 0.29) is 17.9 Å². The Hall–Kier alpha value is -4.33. The van der Waals surface area contributed by atoms with Crippen LogP contribution in [0.5, 0.6) is 11.5 Å². The number of carbonyl (C=O) groups excluding carboxylic acids is 2. The number of fused-ring (bicyclic) bond motifs is 2. The summed E-state index contributed by atoms with van der Waals surface area (Å²) in [5.74, 6) is -0.683. The molecular formula is C32H32N2O6. The zero-order valence-electron chi connectivity index (χ0n) is 22.3. The second kappa shape index (κ2) is 10.7. The molecule has 2 aliphatic heterocycles. The van der Waals surface area contributed by atoms with Crippen molar-refractivity contribution in [3.8, 4) is 11.5 Å². The van der Waals surface area contributed by atoms with Gasteiger partial charge in [0.15, 0.2) is 11.5 Å². The molecule has 2 heterocycles. The Labute approximate surface area is 232 Å². The van der Waals surface area contributed by atoms with Crippen molar-refractivity contribution in [3.05, 3.63) is 89.0 Å². The van der Waals surface area contributed by atoms with Crippen molar-refractivity contribution in [1.82, 2.24) is 5.32 Å². The van der Waals surface area contributed by atoms with Crippen LogP contribution >= 0.6 is 0 Å². The first-order valence-corrected chi connectivity index (χ1v) is 13.8. The van der Waals surface area contributed by atoms with Gasteiger partial charge in [0.2, 0.25) is 5.91 Å². The number of nitrogens with one attached hydrogen (secondary N) is 1. The quantitative estimate of drug-likeness (QED) is 0.462. The van der Waals surface area contributed by atoms with Gasteiger partial charge in [-0.15, -0.1) is 0 Å². The van der Waals surface area contributed by atoms with Crippen molar-refractivity contribution in [2.24, 2.45) is 0 Å². The molecular weight excluding hydrogens is 508 g/mol. The molecule has 1 aliphatic carbocycles. The Bertz CT molecular complexity index is 1440. The number of hydrogen-bond donors (Lipinski definition) is 2. The van der Waals surface area contributed by atoms with Crippen LogP contribution in [0.3, 0.4) is 0 Å². The molecule has 3 aromatic carbocycles. The molecule has 2 unspecified atom stereocenters. The molecule has 1 saturated carbocycles. The van der Waals surface area contributed by atoms with Crippen LogP contribution in [0.2, 0.25) is 0 Å². The third-order valence-electron chi connectivity index (χ3n) is 8.29. The molecule has 2 N–H and O–H groups in total. The number of carboxylic acid groups (broad SMARTS) is 1. The number of aliphatic carboxylic acids is 1. The first-order chi connectivity index (χ1) is 19.4. The van der Waals surface area contributed by atoms with E-state index in [4.69, 9.17) is 9.47 Å². The lowest BCUT2D eigenvalue weighted by Crippen LogP contribution is -2.45. The highest BCUT2D eigenvalue weighted by Gasteiger charge is 2.45. The summed E-state index contributed by atoms with van der Waals surface area (Å²) >= 11 is 0. The van der Waals surface area contributed by atoms with Crippen LogP contribution in [-0.4, -0.2) is 42.1 Å². The Morgan fingerprint density at radius 3 is 2.25 bits per heavy atom. The minimum absolute atomic E-state index is 0.00723. The summed E-state index contributed by atoms with van der Waals surface area (Å²) in [5.41, 5.74) is 3.38. The zero-order valence-corrected chi connectivity index (χ0v) is 22.3. The maximum Gasteiger partial charge on any atom is 0.313 e. The first kappa shape index (κ1) is 25.9. The van der Waals surface area contributed by atoms with Crippen molar-refractivity contribution in [3.63, 3.8) is 0 Å². The fourth-order valence-corrected chi connectivity index (χ4v) is 6.44. The molecule has 3 aromatic rings. The Kier molecular flexibility index (Phi) is 6.92. The van der Waals surface area contributed by atoms with Gasteiger partial charge < -0.3 is 19.9 Å². The number of ether oxygens (including phenoxy) is 2.